The summed E-state index contributed by atoms with van der Waals surface area (Å²) in [6.45, 7) is 2.91. The zero-order chi connectivity index (χ0) is 15.5. The van der Waals surface area contributed by atoms with Crippen molar-refractivity contribution in [2.24, 2.45) is 0 Å². The normalized spacial score (nSPS) is 19.3. The summed E-state index contributed by atoms with van der Waals surface area (Å²) in [7, 11) is -3.29. The van der Waals surface area contributed by atoms with Gasteiger partial charge < -0.3 is 4.90 Å². The van der Waals surface area contributed by atoms with Gasteiger partial charge in [0, 0.05) is 23.8 Å². The fraction of sp³-hybridized carbons (Fsp3) is 0.533. The summed E-state index contributed by atoms with van der Waals surface area (Å²) in [5.74, 6) is 0.0347. The molecule has 1 aromatic rings. The van der Waals surface area contributed by atoms with Crippen molar-refractivity contribution in [3.63, 3.8) is 0 Å². The maximum atomic E-state index is 12.6. The molecule has 2 rings (SSSR count). The SMILES string of the molecule is CC[C@H]1CCCCN1C(=O)c1ccc(NS(C)(=O)=O)cc1. The number of carbonyl (C=O) groups excluding carboxylic acids is 1. The van der Waals surface area contributed by atoms with Gasteiger partial charge in [-0.25, -0.2) is 8.42 Å². The minimum atomic E-state index is -3.29. The number of likely N-dealkylation sites (tertiary alicyclic amines) is 1. The third-order valence-corrected chi connectivity index (χ3v) is 4.40. The van der Waals surface area contributed by atoms with Crippen LogP contribution >= 0.6 is 0 Å². The Morgan fingerprint density at radius 2 is 1.95 bits per heavy atom. The van der Waals surface area contributed by atoms with Gasteiger partial charge in [0.25, 0.3) is 5.91 Å². The molecule has 0 spiro atoms. The van der Waals surface area contributed by atoms with Gasteiger partial charge in [0.15, 0.2) is 0 Å². The van der Waals surface area contributed by atoms with Gasteiger partial charge in [0.1, 0.15) is 0 Å². The van der Waals surface area contributed by atoms with Gasteiger partial charge in [-0.05, 0) is 49.9 Å². The smallest absolute Gasteiger partial charge is 0.254 e. The molecule has 0 saturated carbocycles. The molecule has 6 heteroatoms. The lowest BCUT2D eigenvalue weighted by atomic mass is 9.99. The molecule has 1 aliphatic rings. The van der Waals surface area contributed by atoms with E-state index in [9.17, 15) is 13.2 Å². The zero-order valence-corrected chi connectivity index (χ0v) is 13.3. The molecule has 1 aliphatic heterocycles. The van der Waals surface area contributed by atoms with Crippen LogP contribution in [0.15, 0.2) is 24.3 Å². The Morgan fingerprint density at radius 3 is 2.52 bits per heavy atom. The van der Waals surface area contributed by atoms with Crippen LogP contribution in [0.25, 0.3) is 0 Å². The lowest BCUT2D eigenvalue weighted by Gasteiger charge is -2.35. The molecule has 1 amide bonds. The van der Waals surface area contributed by atoms with Gasteiger partial charge >= 0.3 is 0 Å². The number of amides is 1. The van der Waals surface area contributed by atoms with Gasteiger partial charge in [-0.1, -0.05) is 6.92 Å². The Kier molecular flexibility index (Phi) is 4.88. The van der Waals surface area contributed by atoms with Crippen LogP contribution in [0.5, 0.6) is 0 Å². The van der Waals surface area contributed by atoms with Crippen LogP contribution in [0.1, 0.15) is 43.0 Å². The highest BCUT2D eigenvalue weighted by atomic mass is 32.2. The molecule has 1 aromatic carbocycles. The van der Waals surface area contributed by atoms with Gasteiger partial charge in [-0.15, -0.1) is 0 Å². The van der Waals surface area contributed by atoms with Crippen molar-refractivity contribution < 1.29 is 13.2 Å². The monoisotopic (exact) mass is 310 g/mol. The summed E-state index contributed by atoms with van der Waals surface area (Å²) in [6.07, 6.45) is 5.37. The largest absolute Gasteiger partial charge is 0.336 e. The minimum Gasteiger partial charge on any atom is -0.336 e. The number of hydrogen-bond donors (Lipinski definition) is 1. The lowest BCUT2D eigenvalue weighted by Crippen LogP contribution is -2.43. The first kappa shape index (κ1) is 15.8. The maximum Gasteiger partial charge on any atom is 0.254 e. The molecule has 116 valence electrons. The number of piperidine rings is 1. The van der Waals surface area contributed by atoms with E-state index in [4.69, 9.17) is 0 Å². The molecule has 5 nitrogen and oxygen atoms in total. The van der Waals surface area contributed by atoms with E-state index in [2.05, 4.69) is 11.6 Å². The van der Waals surface area contributed by atoms with Crippen LogP contribution in [0.3, 0.4) is 0 Å². The van der Waals surface area contributed by atoms with E-state index in [0.717, 1.165) is 32.1 Å². The van der Waals surface area contributed by atoms with Crippen LogP contribution in [0.4, 0.5) is 5.69 Å². The van der Waals surface area contributed by atoms with Gasteiger partial charge in [0.05, 0.1) is 6.26 Å². The first-order valence-corrected chi connectivity index (χ1v) is 9.18. The van der Waals surface area contributed by atoms with E-state index >= 15 is 0 Å². The number of nitrogens with zero attached hydrogens (tertiary/aromatic N) is 1. The molecule has 0 aliphatic carbocycles. The van der Waals surface area contributed by atoms with Crippen LogP contribution in [0, 0.1) is 0 Å². The molecule has 1 atom stereocenters. The van der Waals surface area contributed by atoms with Crippen molar-refractivity contribution >= 4 is 21.6 Å². The molecule has 1 N–H and O–H groups in total. The lowest BCUT2D eigenvalue weighted by molar-refractivity contribution is 0.0608. The molecule has 0 aromatic heterocycles. The standard InChI is InChI=1S/C15H22N2O3S/c1-3-14-6-4-5-11-17(14)15(18)12-7-9-13(10-8-12)16-21(2,19)20/h7-10,14,16H,3-6,11H2,1-2H3/t14-/m0/s1. The number of sulfonamides is 1. The number of hydrogen-bond acceptors (Lipinski definition) is 3. The van der Waals surface area contributed by atoms with Crippen LogP contribution < -0.4 is 4.72 Å². The Labute approximate surface area is 126 Å². The Morgan fingerprint density at radius 1 is 1.29 bits per heavy atom. The topological polar surface area (TPSA) is 66.5 Å². The summed E-state index contributed by atoms with van der Waals surface area (Å²) >= 11 is 0. The van der Waals surface area contributed by atoms with Crippen molar-refractivity contribution in [3.8, 4) is 0 Å². The Bertz CT molecular complexity index is 596. The average Bonchev–Trinajstić information content (AvgIpc) is 2.45. The summed E-state index contributed by atoms with van der Waals surface area (Å²) in [6, 6.07) is 6.92. The van der Waals surface area contributed by atoms with Crippen molar-refractivity contribution in [2.75, 3.05) is 17.5 Å². The highest BCUT2D eigenvalue weighted by Crippen LogP contribution is 2.22. The predicted molar refractivity (Wildman–Crippen MR) is 83.9 cm³/mol. The van der Waals surface area contributed by atoms with Crippen molar-refractivity contribution in [1.29, 1.82) is 0 Å². The van der Waals surface area contributed by atoms with Gasteiger partial charge in [-0.3, -0.25) is 9.52 Å². The second kappa shape index (κ2) is 6.47. The number of nitrogens with one attached hydrogen (secondary N) is 1. The third-order valence-electron chi connectivity index (χ3n) is 3.79. The number of rotatable bonds is 4. The third kappa shape index (κ3) is 4.20. The van der Waals surface area contributed by atoms with Crippen molar-refractivity contribution in [1.82, 2.24) is 4.90 Å². The fourth-order valence-electron chi connectivity index (χ4n) is 2.75. The molecular formula is C15H22N2O3S. The summed E-state index contributed by atoms with van der Waals surface area (Å²) in [5, 5.41) is 0. The van der Waals surface area contributed by atoms with Gasteiger partial charge in [-0.2, -0.15) is 0 Å². The molecule has 1 saturated heterocycles. The molecule has 21 heavy (non-hydrogen) atoms. The highest BCUT2D eigenvalue weighted by Gasteiger charge is 2.25. The predicted octanol–water partition coefficient (Wildman–Crippen LogP) is 2.46. The Balaban J connectivity index is 2.12. The second-order valence-electron chi connectivity index (χ2n) is 5.51. The summed E-state index contributed by atoms with van der Waals surface area (Å²) in [5.41, 5.74) is 1.08. The zero-order valence-electron chi connectivity index (χ0n) is 12.5. The van der Waals surface area contributed by atoms with E-state index in [-0.39, 0.29) is 5.91 Å². The van der Waals surface area contributed by atoms with Crippen molar-refractivity contribution in [2.45, 2.75) is 38.6 Å². The average molecular weight is 310 g/mol. The van der Waals surface area contributed by atoms with E-state index in [1.54, 1.807) is 24.3 Å². The van der Waals surface area contributed by atoms with E-state index in [1.807, 2.05) is 4.90 Å². The van der Waals surface area contributed by atoms with E-state index in [1.165, 1.54) is 6.42 Å². The molecule has 0 unspecified atom stereocenters. The van der Waals surface area contributed by atoms with Crippen molar-refractivity contribution in [3.05, 3.63) is 29.8 Å². The number of benzene rings is 1. The van der Waals surface area contributed by atoms with E-state index in [0.29, 0.717) is 17.3 Å². The number of carbonyl (C=O) groups is 1. The molecule has 0 radical (unpaired) electrons. The second-order valence-corrected chi connectivity index (χ2v) is 7.26. The fourth-order valence-corrected chi connectivity index (χ4v) is 3.32. The Hall–Kier alpha value is -1.56. The number of anilines is 1. The highest BCUT2D eigenvalue weighted by molar-refractivity contribution is 7.92. The summed E-state index contributed by atoms with van der Waals surface area (Å²) in [4.78, 5) is 14.5. The summed E-state index contributed by atoms with van der Waals surface area (Å²) < 4.78 is 24.7. The molecule has 0 bridgehead atoms. The van der Waals surface area contributed by atoms with Crippen LogP contribution in [-0.4, -0.2) is 38.1 Å². The van der Waals surface area contributed by atoms with Crippen LogP contribution in [-0.2, 0) is 10.0 Å². The van der Waals surface area contributed by atoms with Crippen LogP contribution in [0.2, 0.25) is 0 Å². The maximum absolute atomic E-state index is 12.6. The first-order chi connectivity index (χ1) is 9.90. The quantitative estimate of drug-likeness (QED) is 0.929. The minimum absolute atomic E-state index is 0.0347. The first-order valence-electron chi connectivity index (χ1n) is 7.29. The molecular weight excluding hydrogens is 288 g/mol. The van der Waals surface area contributed by atoms with E-state index < -0.39 is 10.0 Å². The molecule has 1 fully saturated rings. The van der Waals surface area contributed by atoms with Gasteiger partial charge in [0.2, 0.25) is 10.0 Å². The molecule has 1 heterocycles.